The Bertz CT molecular complexity index is 1430. The Morgan fingerprint density at radius 1 is 0.421 bits per heavy atom. The highest BCUT2D eigenvalue weighted by Gasteiger charge is 2.25. The molecule has 0 saturated heterocycles. The average molecular weight is 805 g/mol. The van der Waals surface area contributed by atoms with Crippen LogP contribution in [0.4, 0.5) is 0 Å². The van der Waals surface area contributed by atoms with Crippen molar-refractivity contribution in [3.05, 3.63) is 84.0 Å². The molecular formula is C43H64O14. The Labute approximate surface area is 338 Å². The van der Waals surface area contributed by atoms with Gasteiger partial charge in [-0.15, -0.1) is 0 Å². The first-order valence-electron chi connectivity index (χ1n) is 19.1. The maximum atomic E-state index is 11.7. The molecule has 0 aliphatic carbocycles. The van der Waals surface area contributed by atoms with Crippen molar-refractivity contribution in [2.24, 2.45) is 0 Å². The zero-order chi connectivity index (χ0) is 43.0. The van der Waals surface area contributed by atoms with E-state index >= 15 is 0 Å². The van der Waals surface area contributed by atoms with Gasteiger partial charge in [0.25, 0.3) is 0 Å². The molecule has 2 rings (SSSR count). The highest BCUT2D eigenvalue weighted by molar-refractivity contribution is 5.87. The number of carbonyl (C=O) groups excluding carboxylic acids is 2. The second-order valence-corrected chi connectivity index (χ2v) is 14.0. The van der Waals surface area contributed by atoms with Crippen molar-refractivity contribution in [3.8, 4) is 11.5 Å². The molecule has 0 aliphatic rings. The minimum atomic E-state index is -0.823. The molecule has 2 aromatic rings. The number of hydrogen-bond donors (Lipinski definition) is 0. The zero-order valence-electron chi connectivity index (χ0n) is 36.0. The van der Waals surface area contributed by atoms with Gasteiger partial charge in [-0.05, 0) is 118 Å². The van der Waals surface area contributed by atoms with Crippen LogP contribution < -0.4 is 9.47 Å². The average Bonchev–Trinajstić information content (AvgIpc) is 3.07. The van der Waals surface area contributed by atoms with E-state index in [2.05, 4.69) is 27.0 Å². The van der Waals surface area contributed by atoms with Crippen LogP contribution in [0, 0.1) is 0 Å². The molecule has 0 aliphatic heterocycles. The number of ether oxygens (including phenoxy) is 12. The molecule has 14 nitrogen and oxygen atoms in total. The molecule has 10 atom stereocenters. The van der Waals surface area contributed by atoms with Crippen molar-refractivity contribution < 1.29 is 66.4 Å². The van der Waals surface area contributed by atoms with Crippen molar-refractivity contribution in [2.45, 2.75) is 165 Å². The van der Waals surface area contributed by atoms with Gasteiger partial charge < -0.3 is 56.8 Å². The van der Waals surface area contributed by atoms with E-state index in [9.17, 15) is 9.59 Å². The lowest BCUT2D eigenvalue weighted by Crippen LogP contribution is -2.32. The van der Waals surface area contributed by atoms with Gasteiger partial charge in [0.1, 0.15) is 11.5 Å². The number of esters is 2. The molecule has 57 heavy (non-hydrogen) atoms. The fourth-order valence-electron chi connectivity index (χ4n) is 5.42. The zero-order valence-corrected chi connectivity index (χ0v) is 36.0. The normalized spacial score (nSPS) is 17.1. The number of hydrogen-bond acceptors (Lipinski definition) is 14. The standard InChI is InChI=1S/C43H64O14/c1-25(2)41(44)56-35(13)52-31(9)48-27(5)46-29(7)50-33(11)54-39-21-17-37(18-22-39)43(15,16)38-19-23-40(24-20-38)55-34(12)51-30(8)47-28(6)49-32(10)53-36(14)57-42(45)26(3)4/h17-24,27-36H,1,3H2,2,4-16H3. The topological polar surface area (TPSA) is 145 Å². The lowest BCUT2D eigenvalue weighted by atomic mass is 9.78. The van der Waals surface area contributed by atoms with E-state index in [1.54, 1.807) is 83.1 Å². The summed E-state index contributed by atoms with van der Waals surface area (Å²) in [6.45, 7) is 31.5. The Morgan fingerprint density at radius 2 is 0.649 bits per heavy atom. The van der Waals surface area contributed by atoms with Gasteiger partial charge in [-0.25, -0.2) is 9.59 Å². The number of carbonyl (C=O) groups is 2. The van der Waals surface area contributed by atoms with E-state index in [-0.39, 0.29) is 16.6 Å². The minimum absolute atomic E-state index is 0.277. The molecule has 2 aromatic carbocycles. The van der Waals surface area contributed by atoms with Crippen molar-refractivity contribution in [1.82, 2.24) is 0 Å². The predicted molar refractivity (Wildman–Crippen MR) is 211 cm³/mol. The molecule has 0 radical (unpaired) electrons. The van der Waals surface area contributed by atoms with Crippen molar-refractivity contribution in [3.63, 3.8) is 0 Å². The van der Waals surface area contributed by atoms with Crippen LogP contribution in [-0.4, -0.2) is 74.8 Å². The molecule has 0 saturated carbocycles. The molecule has 0 bridgehead atoms. The summed E-state index contributed by atoms with van der Waals surface area (Å²) >= 11 is 0. The summed E-state index contributed by atoms with van der Waals surface area (Å²) in [5.74, 6) is 0.179. The molecule has 14 heteroatoms. The van der Waals surface area contributed by atoms with Crippen LogP contribution in [0.15, 0.2) is 72.8 Å². The molecule has 0 fully saturated rings. The van der Waals surface area contributed by atoms with E-state index in [4.69, 9.17) is 56.8 Å². The summed E-state index contributed by atoms with van der Waals surface area (Å²) in [7, 11) is 0. The van der Waals surface area contributed by atoms with Crippen molar-refractivity contribution in [1.29, 1.82) is 0 Å². The number of rotatable bonds is 26. The summed E-state index contributed by atoms with van der Waals surface area (Å²) in [5.41, 5.74) is 2.40. The van der Waals surface area contributed by atoms with Crippen LogP contribution in [-0.2, 0) is 62.4 Å². The molecular weight excluding hydrogens is 740 g/mol. The fourth-order valence-corrected chi connectivity index (χ4v) is 5.42. The van der Waals surface area contributed by atoms with E-state index in [0.29, 0.717) is 11.5 Å². The van der Waals surface area contributed by atoms with Crippen LogP contribution in [0.25, 0.3) is 0 Å². The second-order valence-electron chi connectivity index (χ2n) is 14.0. The largest absolute Gasteiger partial charge is 0.465 e. The Hall–Kier alpha value is -3.86. The van der Waals surface area contributed by atoms with Gasteiger partial charge in [0.05, 0.1) is 0 Å². The van der Waals surface area contributed by atoms with Crippen molar-refractivity contribution >= 4 is 11.9 Å². The molecule has 0 N–H and O–H groups in total. The van der Waals surface area contributed by atoms with Crippen LogP contribution >= 0.6 is 0 Å². The molecule has 0 heterocycles. The van der Waals surface area contributed by atoms with E-state index in [1.807, 2.05) is 48.5 Å². The van der Waals surface area contributed by atoms with Gasteiger partial charge in [0.15, 0.2) is 50.3 Å². The minimum Gasteiger partial charge on any atom is -0.465 e. The first-order valence-corrected chi connectivity index (χ1v) is 19.1. The predicted octanol–water partition coefficient (Wildman–Crippen LogP) is 8.60. The first-order chi connectivity index (χ1) is 26.5. The van der Waals surface area contributed by atoms with Gasteiger partial charge in [-0.1, -0.05) is 51.3 Å². The number of benzene rings is 2. The summed E-state index contributed by atoms with van der Waals surface area (Å²) < 4.78 is 67.9. The van der Waals surface area contributed by atoms with Crippen LogP contribution in [0.1, 0.15) is 108 Å². The summed E-state index contributed by atoms with van der Waals surface area (Å²) in [5, 5.41) is 0. The first kappa shape index (κ1) is 49.3. The fraction of sp³-hybridized carbons (Fsp3) is 0.581. The summed E-state index contributed by atoms with van der Waals surface area (Å²) in [4.78, 5) is 23.3. The monoisotopic (exact) mass is 804 g/mol. The smallest absolute Gasteiger partial charge is 0.335 e. The third-order valence-electron chi connectivity index (χ3n) is 8.07. The van der Waals surface area contributed by atoms with Gasteiger partial charge in [-0.2, -0.15) is 0 Å². The van der Waals surface area contributed by atoms with Crippen LogP contribution in [0.5, 0.6) is 11.5 Å². The van der Waals surface area contributed by atoms with Crippen molar-refractivity contribution in [2.75, 3.05) is 0 Å². The molecule has 0 amide bonds. The Balaban J connectivity index is 1.81. The molecule has 0 aromatic heterocycles. The molecule has 320 valence electrons. The molecule has 0 spiro atoms. The Morgan fingerprint density at radius 3 is 0.895 bits per heavy atom. The maximum absolute atomic E-state index is 11.7. The summed E-state index contributed by atoms with van der Waals surface area (Å²) in [6, 6.07) is 15.7. The molecule has 10 unspecified atom stereocenters. The van der Waals surface area contributed by atoms with Crippen LogP contribution in [0.2, 0.25) is 0 Å². The van der Waals surface area contributed by atoms with E-state index in [0.717, 1.165) is 11.1 Å². The maximum Gasteiger partial charge on any atom is 0.335 e. The van der Waals surface area contributed by atoms with Gasteiger partial charge >= 0.3 is 11.9 Å². The van der Waals surface area contributed by atoms with E-state index in [1.165, 1.54) is 0 Å². The quantitative estimate of drug-likeness (QED) is 0.0508. The Kier molecular flexibility index (Phi) is 20.3. The van der Waals surface area contributed by atoms with E-state index < -0.39 is 74.8 Å². The van der Waals surface area contributed by atoms with Gasteiger partial charge in [0.2, 0.25) is 12.6 Å². The second kappa shape index (κ2) is 23.5. The SMILES string of the molecule is C=C(C)C(=O)OC(C)OC(C)OC(C)OC(C)OC(C)Oc1ccc(C(C)(C)c2ccc(OC(C)OC(C)OC(C)OC(C)OC(C)OC(=O)C(=C)C)cc2)cc1. The van der Waals surface area contributed by atoms with Crippen LogP contribution in [0.3, 0.4) is 0 Å². The lowest BCUT2D eigenvalue weighted by molar-refractivity contribution is -0.314. The highest BCUT2D eigenvalue weighted by Crippen LogP contribution is 2.34. The van der Waals surface area contributed by atoms with Gasteiger partial charge in [-0.3, -0.25) is 0 Å². The third kappa shape index (κ3) is 18.5. The lowest BCUT2D eigenvalue weighted by Gasteiger charge is -2.28. The summed E-state index contributed by atoms with van der Waals surface area (Å²) in [6.07, 6.45) is -7.00. The van der Waals surface area contributed by atoms with Gasteiger partial charge in [0, 0.05) is 16.6 Å². The third-order valence-corrected chi connectivity index (χ3v) is 8.07. The highest BCUT2D eigenvalue weighted by atomic mass is 16.8.